The first-order valence-electron chi connectivity index (χ1n) is 9.49. The third kappa shape index (κ3) is 22.7. The molecule has 0 aliphatic rings. The molecule has 0 aliphatic heterocycles. The Balaban J connectivity index is 0. The van der Waals surface area contributed by atoms with Crippen molar-refractivity contribution in [1.82, 2.24) is 6.15 Å². The summed E-state index contributed by atoms with van der Waals surface area (Å²) >= 11 is 2.19. The number of hydrogen-bond acceptors (Lipinski definition) is 2. The number of rotatable bonds is 17. The second-order valence-electron chi connectivity index (χ2n) is 6.21. The zero-order valence-corrected chi connectivity index (χ0v) is 16.0. The third-order valence-corrected chi connectivity index (χ3v) is 5.19. The lowest BCUT2D eigenvalue weighted by Gasteiger charge is -2.03. The molecule has 0 radical (unpaired) electrons. The molecular weight excluding hydrogens is 274 g/mol. The van der Waals surface area contributed by atoms with Crippen molar-refractivity contribution in [2.45, 2.75) is 110 Å². The van der Waals surface area contributed by atoms with Crippen molar-refractivity contribution in [1.29, 1.82) is 0 Å². The molecule has 0 saturated carbocycles. The maximum atomic E-state index is 2.29. The Hall–Kier alpha value is 0.310. The van der Waals surface area contributed by atoms with Gasteiger partial charge in [-0.05, 0) is 24.3 Å². The number of unbranched alkanes of at least 4 members (excludes halogenated alkanes) is 13. The Kier molecular flexibility index (Phi) is 25.4. The van der Waals surface area contributed by atoms with Gasteiger partial charge in [0, 0.05) is 0 Å². The fourth-order valence-electron chi connectivity index (χ4n) is 2.60. The van der Waals surface area contributed by atoms with Crippen LogP contribution in [0.2, 0.25) is 0 Å². The van der Waals surface area contributed by atoms with Crippen molar-refractivity contribution < 1.29 is 0 Å². The van der Waals surface area contributed by atoms with Crippen LogP contribution >= 0.6 is 11.8 Å². The maximum Gasteiger partial charge on any atom is -0.00675 e. The Morgan fingerprint density at radius 3 is 1.05 bits per heavy atom. The highest BCUT2D eigenvalue weighted by atomic mass is 32.2. The van der Waals surface area contributed by atoms with Gasteiger partial charge in [-0.3, -0.25) is 0 Å². The fraction of sp³-hybridized carbons (Fsp3) is 1.00. The van der Waals surface area contributed by atoms with Crippen molar-refractivity contribution in [3.63, 3.8) is 0 Å². The average Bonchev–Trinajstić information content (AvgIpc) is 2.47. The first-order chi connectivity index (χ1) is 9.91. The van der Waals surface area contributed by atoms with Gasteiger partial charge in [-0.1, -0.05) is 97.3 Å². The Morgan fingerprint density at radius 2 is 0.714 bits per heavy atom. The lowest BCUT2D eigenvalue weighted by Crippen LogP contribution is -1.87. The Morgan fingerprint density at radius 1 is 0.429 bits per heavy atom. The molecule has 0 fully saturated rings. The van der Waals surface area contributed by atoms with Gasteiger partial charge >= 0.3 is 0 Å². The predicted molar refractivity (Wildman–Crippen MR) is 103 cm³/mol. The lowest BCUT2D eigenvalue weighted by atomic mass is 10.1. The first kappa shape index (κ1) is 23.6. The molecule has 0 bridgehead atoms. The van der Waals surface area contributed by atoms with Crippen molar-refractivity contribution >= 4 is 11.8 Å². The number of hydrogen-bond donors (Lipinski definition) is 1. The van der Waals surface area contributed by atoms with E-state index in [2.05, 4.69) is 25.6 Å². The van der Waals surface area contributed by atoms with Crippen LogP contribution in [-0.2, 0) is 0 Å². The van der Waals surface area contributed by atoms with Crippen molar-refractivity contribution in [2.75, 3.05) is 11.5 Å². The molecule has 0 amide bonds. The highest BCUT2D eigenvalue weighted by Gasteiger charge is 1.94. The maximum absolute atomic E-state index is 2.29. The average molecular weight is 318 g/mol. The Labute approximate surface area is 140 Å². The van der Waals surface area contributed by atoms with Crippen LogP contribution in [0.3, 0.4) is 0 Å². The van der Waals surface area contributed by atoms with E-state index in [1.54, 1.807) is 0 Å². The monoisotopic (exact) mass is 317 g/mol. The summed E-state index contributed by atoms with van der Waals surface area (Å²) in [5, 5.41) is 0. The normalized spacial score (nSPS) is 10.6. The second kappa shape index (κ2) is 22.6. The van der Waals surface area contributed by atoms with Gasteiger partial charge in [-0.2, -0.15) is 11.8 Å². The van der Waals surface area contributed by atoms with E-state index in [9.17, 15) is 0 Å². The topological polar surface area (TPSA) is 35.0 Å². The fourth-order valence-corrected chi connectivity index (χ4v) is 3.62. The highest BCUT2D eigenvalue weighted by Crippen LogP contribution is 2.14. The van der Waals surface area contributed by atoms with Gasteiger partial charge in [-0.25, -0.2) is 0 Å². The van der Waals surface area contributed by atoms with E-state index in [1.165, 1.54) is 108 Å². The smallest absolute Gasteiger partial charge is 0.00675 e. The minimum atomic E-state index is 0. The standard InChI is InChI=1S/C19H40S.H3N/c1-3-5-7-9-11-13-15-17-19-20-18-16-14-12-10-8-6-4-2;/h3-19H2,1-2H3;1H3. The van der Waals surface area contributed by atoms with Crippen molar-refractivity contribution in [3.8, 4) is 0 Å². The van der Waals surface area contributed by atoms with E-state index in [1.807, 2.05) is 0 Å². The lowest BCUT2D eigenvalue weighted by molar-refractivity contribution is 0.586. The summed E-state index contributed by atoms with van der Waals surface area (Å²) in [4.78, 5) is 0. The van der Waals surface area contributed by atoms with E-state index in [0.29, 0.717) is 0 Å². The summed E-state index contributed by atoms with van der Waals surface area (Å²) < 4.78 is 0. The van der Waals surface area contributed by atoms with E-state index >= 15 is 0 Å². The van der Waals surface area contributed by atoms with E-state index in [-0.39, 0.29) is 6.15 Å². The molecule has 0 unspecified atom stereocenters. The van der Waals surface area contributed by atoms with Gasteiger partial charge in [0.15, 0.2) is 0 Å². The van der Waals surface area contributed by atoms with Crippen molar-refractivity contribution in [2.24, 2.45) is 0 Å². The van der Waals surface area contributed by atoms with Gasteiger partial charge in [0.05, 0.1) is 0 Å². The quantitative estimate of drug-likeness (QED) is 0.278. The van der Waals surface area contributed by atoms with Gasteiger partial charge in [0.1, 0.15) is 0 Å². The van der Waals surface area contributed by atoms with E-state index < -0.39 is 0 Å². The van der Waals surface area contributed by atoms with Crippen LogP contribution < -0.4 is 6.15 Å². The highest BCUT2D eigenvalue weighted by molar-refractivity contribution is 7.99. The molecule has 2 heteroatoms. The van der Waals surface area contributed by atoms with Crippen LogP contribution in [0.5, 0.6) is 0 Å². The van der Waals surface area contributed by atoms with E-state index in [0.717, 1.165) is 0 Å². The first-order valence-corrected chi connectivity index (χ1v) is 10.6. The molecule has 1 nitrogen and oxygen atoms in total. The molecule has 0 aromatic heterocycles. The molecule has 3 N–H and O–H groups in total. The molecule has 0 atom stereocenters. The van der Waals surface area contributed by atoms with Crippen LogP contribution in [0.1, 0.15) is 110 Å². The molecule has 130 valence electrons. The molecule has 0 spiro atoms. The SMILES string of the molecule is CCCCCCCCCCSCCCCCCCCC.N. The zero-order chi connectivity index (χ0) is 14.7. The zero-order valence-electron chi connectivity index (χ0n) is 15.1. The summed E-state index contributed by atoms with van der Waals surface area (Å²) in [6.45, 7) is 4.59. The Bertz CT molecular complexity index is 144. The molecule has 0 saturated heterocycles. The summed E-state index contributed by atoms with van der Waals surface area (Å²) in [6.07, 6.45) is 21.7. The van der Waals surface area contributed by atoms with E-state index in [4.69, 9.17) is 0 Å². The van der Waals surface area contributed by atoms with Crippen LogP contribution in [0.15, 0.2) is 0 Å². The van der Waals surface area contributed by atoms with Gasteiger partial charge in [0.25, 0.3) is 0 Å². The van der Waals surface area contributed by atoms with Crippen LogP contribution in [0, 0.1) is 0 Å². The molecule has 0 rings (SSSR count). The summed E-state index contributed by atoms with van der Waals surface area (Å²) in [5.41, 5.74) is 0. The minimum absolute atomic E-state index is 0. The third-order valence-electron chi connectivity index (χ3n) is 4.03. The van der Waals surface area contributed by atoms with Crippen molar-refractivity contribution in [3.05, 3.63) is 0 Å². The molecule has 0 heterocycles. The van der Waals surface area contributed by atoms with Crippen LogP contribution in [0.25, 0.3) is 0 Å². The van der Waals surface area contributed by atoms with Gasteiger partial charge < -0.3 is 6.15 Å². The molecular formula is C19H43NS. The molecule has 0 aromatic rings. The van der Waals surface area contributed by atoms with Gasteiger partial charge in [0.2, 0.25) is 0 Å². The molecule has 21 heavy (non-hydrogen) atoms. The molecule has 0 aliphatic carbocycles. The van der Waals surface area contributed by atoms with Crippen LogP contribution in [0.4, 0.5) is 0 Å². The predicted octanol–water partition coefficient (Wildman–Crippen LogP) is 7.77. The minimum Gasteiger partial charge on any atom is -0.344 e. The second-order valence-corrected chi connectivity index (χ2v) is 7.43. The number of thioether (sulfide) groups is 1. The summed E-state index contributed by atoms with van der Waals surface area (Å²) in [7, 11) is 0. The van der Waals surface area contributed by atoms with Gasteiger partial charge in [-0.15, -0.1) is 0 Å². The largest absolute Gasteiger partial charge is 0.344 e. The van der Waals surface area contributed by atoms with Crippen LogP contribution in [-0.4, -0.2) is 11.5 Å². The summed E-state index contributed by atoms with van der Waals surface area (Å²) in [6, 6.07) is 0. The molecule has 0 aromatic carbocycles. The summed E-state index contributed by atoms with van der Waals surface area (Å²) in [5.74, 6) is 2.81.